The third kappa shape index (κ3) is 3.85. The number of nitrogens with zero attached hydrogens (tertiary/aromatic N) is 1. The average molecular weight is 389 g/mol. The molecule has 2 aromatic heterocycles. The van der Waals surface area contributed by atoms with E-state index in [4.69, 9.17) is 14.2 Å². The van der Waals surface area contributed by atoms with Crippen LogP contribution in [0.15, 0.2) is 40.5 Å². The molecular weight excluding hydrogens is 368 g/mol. The van der Waals surface area contributed by atoms with Crippen LogP contribution in [-0.2, 0) is 13.0 Å². The van der Waals surface area contributed by atoms with Crippen LogP contribution in [-0.4, -0.2) is 18.4 Å². The van der Waals surface area contributed by atoms with Gasteiger partial charge in [-0.1, -0.05) is 0 Å². The van der Waals surface area contributed by atoms with Gasteiger partial charge in [-0.2, -0.15) is 11.3 Å². The first-order valence-electron chi connectivity index (χ1n) is 8.52. The smallest absolute Gasteiger partial charge is 0.231 e. The lowest BCUT2D eigenvalue weighted by molar-refractivity contribution is 0.173. The molecule has 1 aliphatic heterocycles. The van der Waals surface area contributed by atoms with Gasteiger partial charge in [-0.15, -0.1) is 11.3 Å². The molecule has 26 heavy (non-hydrogen) atoms. The highest BCUT2D eigenvalue weighted by atomic mass is 32.1. The molecule has 0 fully saturated rings. The Morgan fingerprint density at radius 1 is 1.27 bits per heavy atom. The van der Waals surface area contributed by atoms with Crippen LogP contribution in [0.25, 0.3) is 0 Å². The highest BCUT2D eigenvalue weighted by molar-refractivity contribution is 7.09. The molecule has 0 saturated carbocycles. The highest BCUT2D eigenvalue weighted by Gasteiger charge is 2.20. The topological polar surface area (TPSA) is 52.6 Å². The van der Waals surface area contributed by atoms with E-state index in [0.717, 1.165) is 34.2 Å². The summed E-state index contributed by atoms with van der Waals surface area (Å²) in [6.45, 7) is 3.52. The van der Waals surface area contributed by atoms with Crippen molar-refractivity contribution in [2.24, 2.45) is 0 Å². The fraction of sp³-hybridized carbons (Fsp3) is 0.316. The van der Waals surface area contributed by atoms with E-state index in [1.165, 1.54) is 5.56 Å². The second-order valence-electron chi connectivity index (χ2n) is 5.89. The van der Waals surface area contributed by atoms with E-state index in [9.17, 15) is 0 Å². The zero-order valence-corrected chi connectivity index (χ0v) is 16.1. The SMILES string of the molecule is CCOc1cc2c(cc1CNC(Cc1ccsc1)c1nccs1)OCO2. The molecule has 136 valence electrons. The van der Waals surface area contributed by atoms with E-state index < -0.39 is 0 Å². The van der Waals surface area contributed by atoms with Crippen molar-refractivity contribution >= 4 is 22.7 Å². The zero-order chi connectivity index (χ0) is 17.8. The van der Waals surface area contributed by atoms with Gasteiger partial charge in [-0.3, -0.25) is 0 Å². The number of nitrogens with one attached hydrogen (secondary N) is 1. The molecule has 3 aromatic rings. The van der Waals surface area contributed by atoms with Gasteiger partial charge in [0.2, 0.25) is 6.79 Å². The number of hydrogen-bond acceptors (Lipinski definition) is 7. The molecule has 0 amide bonds. The molecule has 1 aromatic carbocycles. The van der Waals surface area contributed by atoms with Gasteiger partial charge in [-0.25, -0.2) is 4.98 Å². The maximum absolute atomic E-state index is 5.80. The van der Waals surface area contributed by atoms with Crippen LogP contribution in [0, 0.1) is 0 Å². The maximum atomic E-state index is 5.80. The van der Waals surface area contributed by atoms with Gasteiger partial charge in [0.15, 0.2) is 11.5 Å². The van der Waals surface area contributed by atoms with Crippen LogP contribution in [0.3, 0.4) is 0 Å². The summed E-state index contributed by atoms with van der Waals surface area (Å²) < 4.78 is 16.8. The zero-order valence-electron chi connectivity index (χ0n) is 14.4. The van der Waals surface area contributed by atoms with Gasteiger partial charge in [0.05, 0.1) is 12.6 Å². The number of rotatable bonds is 8. The number of thiophene rings is 1. The summed E-state index contributed by atoms with van der Waals surface area (Å²) in [5.74, 6) is 2.35. The lowest BCUT2D eigenvalue weighted by atomic mass is 10.1. The Bertz CT molecular complexity index is 835. The molecule has 1 aliphatic rings. The summed E-state index contributed by atoms with van der Waals surface area (Å²) in [7, 11) is 0. The first-order valence-corrected chi connectivity index (χ1v) is 10.3. The minimum atomic E-state index is 0.157. The van der Waals surface area contributed by atoms with Gasteiger partial charge < -0.3 is 19.5 Å². The molecule has 0 saturated heterocycles. The molecule has 0 bridgehead atoms. The van der Waals surface area contributed by atoms with E-state index in [1.54, 1.807) is 22.7 Å². The molecular formula is C19H20N2O3S2. The quantitative estimate of drug-likeness (QED) is 0.620. The lowest BCUT2D eigenvalue weighted by Gasteiger charge is -2.18. The van der Waals surface area contributed by atoms with Gasteiger partial charge in [-0.05, 0) is 41.8 Å². The van der Waals surface area contributed by atoms with E-state index in [1.807, 2.05) is 30.6 Å². The van der Waals surface area contributed by atoms with E-state index in [0.29, 0.717) is 13.2 Å². The summed E-state index contributed by atoms with van der Waals surface area (Å²) >= 11 is 3.40. The van der Waals surface area contributed by atoms with Crippen LogP contribution in [0.2, 0.25) is 0 Å². The van der Waals surface area contributed by atoms with Crippen LogP contribution < -0.4 is 19.5 Å². The first kappa shape index (κ1) is 17.3. The summed E-state index contributed by atoms with van der Waals surface area (Å²) in [4.78, 5) is 4.51. The van der Waals surface area contributed by atoms with Crippen LogP contribution in [0.5, 0.6) is 17.2 Å². The Hall–Kier alpha value is -2.09. The summed E-state index contributed by atoms with van der Waals surface area (Å²) in [5.41, 5.74) is 2.38. The Morgan fingerprint density at radius 3 is 2.88 bits per heavy atom. The molecule has 1 N–H and O–H groups in total. The number of aromatic nitrogens is 1. The van der Waals surface area contributed by atoms with Crippen molar-refractivity contribution in [2.75, 3.05) is 13.4 Å². The molecule has 4 rings (SSSR count). The second-order valence-corrected chi connectivity index (χ2v) is 7.59. The third-order valence-corrected chi connectivity index (χ3v) is 5.79. The van der Waals surface area contributed by atoms with Crippen molar-refractivity contribution in [1.82, 2.24) is 10.3 Å². The summed E-state index contributed by atoms with van der Waals surface area (Å²) in [6.07, 6.45) is 2.76. The van der Waals surface area contributed by atoms with Gasteiger partial charge in [0, 0.05) is 29.8 Å². The van der Waals surface area contributed by atoms with Crippen molar-refractivity contribution < 1.29 is 14.2 Å². The van der Waals surface area contributed by atoms with Gasteiger partial charge in [0.25, 0.3) is 0 Å². The van der Waals surface area contributed by atoms with Crippen molar-refractivity contribution in [1.29, 1.82) is 0 Å². The van der Waals surface area contributed by atoms with Crippen molar-refractivity contribution in [3.8, 4) is 17.2 Å². The molecule has 0 spiro atoms. The number of fused-ring (bicyclic) bond motifs is 1. The maximum Gasteiger partial charge on any atom is 0.231 e. The highest BCUT2D eigenvalue weighted by Crippen LogP contribution is 2.38. The molecule has 5 nitrogen and oxygen atoms in total. The number of hydrogen-bond donors (Lipinski definition) is 1. The molecule has 3 heterocycles. The predicted octanol–water partition coefficient (Wildman–Crippen LogP) is 4.41. The van der Waals surface area contributed by atoms with Crippen LogP contribution >= 0.6 is 22.7 Å². The molecule has 0 aliphatic carbocycles. The largest absolute Gasteiger partial charge is 0.493 e. The minimum Gasteiger partial charge on any atom is -0.493 e. The van der Waals surface area contributed by atoms with Crippen LogP contribution in [0.1, 0.15) is 29.1 Å². The Balaban J connectivity index is 1.53. The van der Waals surface area contributed by atoms with Crippen molar-refractivity contribution in [3.05, 3.63) is 56.7 Å². The average Bonchev–Trinajstić information content (AvgIpc) is 3.40. The fourth-order valence-corrected chi connectivity index (χ4v) is 4.32. The molecule has 1 unspecified atom stereocenters. The number of benzene rings is 1. The Kier molecular flexibility index (Phi) is 5.38. The molecule has 7 heteroatoms. The van der Waals surface area contributed by atoms with Gasteiger partial charge >= 0.3 is 0 Å². The second kappa shape index (κ2) is 8.07. The van der Waals surface area contributed by atoms with Gasteiger partial charge in [0.1, 0.15) is 10.8 Å². The third-order valence-electron chi connectivity index (χ3n) is 4.16. The Morgan fingerprint density at radius 2 is 2.15 bits per heavy atom. The minimum absolute atomic E-state index is 0.157. The number of thiazole rings is 1. The normalized spacial score (nSPS) is 13.7. The molecule has 1 atom stereocenters. The monoisotopic (exact) mass is 388 g/mol. The standard InChI is InChI=1S/C19H20N2O3S2/c1-2-22-16-9-18-17(23-12-24-18)8-14(16)10-21-15(19-20-4-6-26-19)7-13-3-5-25-11-13/h3-6,8-9,11,15,21H,2,7,10,12H2,1H3. The summed E-state index contributed by atoms with van der Waals surface area (Å²) in [6, 6.07) is 6.24. The summed E-state index contributed by atoms with van der Waals surface area (Å²) in [5, 5.41) is 11.1. The first-order chi connectivity index (χ1) is 12.8. The van der Waals surface area contributed by atoms with Crippen molar-refractivity contribution in [3.63, 3.8) is 0 Å². The van der Waals surface area contributed by atoms with Crippen molar-refractivity contribution in [2.45, 2.75) is 25.9 Å². The van der Waals surface area contributed by atoms with E-state index in [-0.39, 0.29) is 12.8 Å². The Labute approximate surface area is 160 Å². The van der Waals surface area contributed by atoms with Crippen LogP contribution in [0.4, 0.5) is 0 Å². The fourth-order valence-electron chi connectivity index (χ4n) is 2.92. The van der Waals surface area contributed by atoms with E-state index in [2.05, 4.69) is 27.1 Å². The number of ether oxygens (including phenoxy) is 3. The lowest BCUT2D eigenvalue weighted by Crippen LogP contribution is -2.23. The molecule has 0 radical (unpaired) electrons. The predicted molar refractivity (Wildman–Crippen MR) is 103 cm³/mol. The van der Waals surface area contributed by atoms with E-state index >= 15 is 0 Å².